The second-order valence-corrected chi connectivity index (χ2v) is 8.03. The molecule has 0 bridgehead atoms. The van der Waals surface area contributed by atoms with Gasteiger partial charge in [-0.2, -0.15) is 5.10 Å². The number of ether oxygens (including phenoxy) is 1. The molecule has 0 spiro atoms. The number of hydrogen-bond acceptors (Lipinski definition) is 5. The quantitative estimate of drug-likeness (QED) is 0.394. The highest BCUT2D eigenvalue weighted by molar-refractivity contribution is 7.13. The van der Waals surface area contributed by atoms with Crippen LogP contribution in [0.1, 0.15) is 18.2 Å². The molecular formula is C23H21ClN4O2S. The molecule has 0 aliphatic heterocycles. The largest absolute Gasteiger partial charge is 0.493 e. The predicted octanol–water partition coefficient (Wildman–Crippen LogP) is 5.29. The molecule has 158 valence electrons. The monoisotopic (exact) mass is 452 g/mol. The van der Waals surface area contributed by atoms with Crippen LogP contribution in [0.2, 0.25) is 5.02 Å². The van der Waals surface area contributed by atoms with E-state index in [1.807, 2.05) is 60.8 Å². The fourth-order valence-corrected chi connectivity index (χ4v) is 4.19. The fourth-order valence-electron chi connectivity index (χ4n) is 3.14. The molecule has 0 radical (unpaired) electrons. The van der Waals surface area contributed by atoms with E-state index in [0.29, 0.717) is 29.7 Å². The standard InChI is InChI=1S/C23H21ClN4O2S/c1-2-30-20-10-6-4-8-18(20)23-26-17(15-31-23)13-22(29)27-21-11-12-25-28(21)14-16-7-3-5-9-19(16)24/h3-12,15H,2,13-14H2,1H3,(H,27,29). The molecule has 2 heterocycles. The fraction of sp³-hybridized carbons (Fsp3) is 0.174. The van der Waals surface area contributed by atoms with Crippen molar-refractivity contribution in [1.29, 1.82) is 0 Å². The van der Waals surface area contributed by atoms with Gasteiger partial charge in [-0.1, -0.05) is 41.9 Å². The van der Waals surface area contributed by atoms with Crippen LogP contribution in [0.5, 0.6) is 5.75 Å². The van der Waals surface area contributed by atoms with Crippen molar-refractivity contribution < 1.29 is 9.53 Å². The summed E-state index contributed by atoms with van der Waals surface area (Å²) in [5.74, 6) is 1.25. The Morgan fingerprint density at radius 2 is 1.97 bits per heavy atom. The smallest absolute Gasteiger partial charge is 0.231 e. The van der Waals surface area contributed by atoms with Crippen LogP contribution in [0.15, 0.2) is 66.2 Å². The molecular weight excluding hydrogens is 432 g/mol. The van der Waals surface area contributed by atoms with Crippen molar-refractivity contribution in [2.24, 2.45) is 0 Å². The predicted molar refractivity (Wildman–Crippen MR) is 124 cm³/mol. The van der Waals surface area contributed by atoms with Gasteiger partial charge in [0, 0.05) is 16.5 Å². The molecule has 1 amide bonds. The third kappa shape index (κ3) is 5.13. The third-order valence-electron chi connectivity index (χ3n) is 4.57. The molecule has 4 aromatic rings. The van der Waals surface area contributed by atoms with Gasteiger partial charge in [0.1, 0.15) is 16.6 Å². The lowest BCUT2D eigenvalue weighted by Gasteiger charge is -2.10. The van der Waals surface area contributed by atoms with Gasteiger partial charge in [-0.25, -0.2) is 9.67 Å². The second kappa shape index (κ2) is 9.76. The van der Waals surface area contributed by atoms with Gasteiger partial charge >= 0.3 is 0 Å². The molecule has 0 fully saturated rings. The highest BCUT2D eigenvalue weighted by Crippen LogP contribution is 2.32. The van der Waals surface area contributed by atoms with Crippen molar-refractivity contribution in [3.8, 4) is 16.3 Å². The maximum atomic E-state index is 12.6. The van der Waals surface area contributed by atoms with Gasteiger partial charge in [0.15, 0.2) is 0 Å². The van der Waals surface area contributed by atoms with E-state index in [1.165, 1.54) is 11.3 Å². The number of hydrogen-bond donors (Lipinski definition) is 1. The van der Waals surface area contributed by atoms with Gasteiger partial charge in [0.05, 0.1) is 37.0 Å². The van der Waals surface area contributed by atoms with Gasteiger partial charge in [-0.05, 0) is 30.7 Å². The molecule has 1 N–H and O–H groups in total. The maximum absolute atomic E-state index is 12.6. The zero-order valence-corrected chi connectivity index (χ0v) is 18.5. The number of aromatic nitrogens is 3. The Balaban J connectivity index is 1.43. The van der Waals surface area contributed by atoms with Crippen molar-refractivity contribution in [2.75, 3.05) is 11.9 Å². The summed E-state index contributed by atoms with van der Waals surface area (Å²) in [4.78, 5) is 17.3. The first-order valence-electron chi connectivity index (χ1n) is 9.85. The van der Waals surface area contributed by atoms with E-state index in [-0.39, 0.29) is 12.3 Å². The summed E-state index contributed by atoms with van der Waals surface area (Å²) >= 11 is 7.74. The molecule has 0 aliphatic carbocycles. The zero-order valence-electron chi connectivity index (χ0n) is 16.9. The average Bonchev–Trinajstić information content (AvgIpc) is 3.40. The number of benzene rings is 2. The van der Waals surface area contributed by atoms with Crippen molar-refractivity contribution in [2.45, 2.75) is 19.9 Å². The van der Waals surface area contributed by atoms with Crippen molar-refractivity contribution in [3.63, 3.8) is 0 Å². The first-order valence-corrected chi connectivity index (χ1v) is 11.1. The number of para-hydroxylation sites is 1. The summed E-state index contributed by atoms with van der Waals surface area (Å²) in [5, 5.41) is 10.6. The van der Waals surface area contributed by atoms with Crippen LogP contribution in [0.25, 0.3) is 10.6 Å². The number of nitrogens with one attached hydrogen (secondary N) is 1. The number of thiazole rings is 1. The molecule has 0 atom stereocenters. The van der Waals surface area contributed by atoms with E-state index in [4.69, 9.17) is 16.3 Å². The Bertz CT molecular complexity index is 1190. The Hall–Kier alpha value is -3.16. The topological polar surface area (TPSA) is 69.0 Å². The van der Waals surface area contributed by atoms with Gasteiger partial charge in [0.2, 0.25) is 5.91 Å². The molecule has 31 heavy (non-hydrogen) atoms. The average molecular weight is 453 g/mol. The zero-order chi connectivity index (χ0) is 21.6. The highest BCUT2D eigenvalue weighted by atomic mass is 35.5. The SMILES string of the molecule is CCOc1ccccc1-c1nc(CC(=O)Nc2ccnn2Cc2ccccc2Cl)cs1. The van der Waals surface area contributed by atoms with Crippen LogP contribution in [-0.4, -0.2) is 27.3 Å². The number of carbonyl (C=O) groups is 1. The highest BCUT2D eigenvalue weighted by Gasteiger charge is 2.14. The summed E-state index contributed by atoms with van der Waals surface area (Å²) < 4.78 is 7.40. The summed E-state index contributed by atoms with van der Waals surface area (Å²) in [5.41, 5.74) is 2.57. The minimum Gasteiger partial charge on any atom is -0.493 e. The normalized spacial score (nSPS) is 10.8. The number of carbonyl (C=O) groups excluding carboxylic acids is 1. The van der Waals surface area contributed by atoms with Gasteiger partial charge in [-0.15, -0.1) is 11.3 Å². The first kappa shape index (κ1) is 21.1. The maximum Gasteiger partial charge on any atom is 0.231 e. The lowest BCUT2D eigenvalue weighted by Crippen LogP contribution is -2.18. The Labute approximate surface area is 189 Å². The van der Waals surface area contributed by atoms with Gasteiger partial charge in [0.25, 0.3) is 0 Å². The van der Waals surface area contributed by atoms with Gasteiger partial charge < -0.3 is 10.1 Å². The summed E-state index contributed by atoms with van der Waals surface area (Å²) in [6.07, 6.45) is 1.82. The van der Waals surface area contributed by atoms with E-state index in [2.05, 4.69) is 15.4 Å². The van der Waals surface area contributed by atoms with Crippen LogP contribution in [0, 0.1) is 0 Å². The number of halogens is 1. The van der Waals surface area contributed by atoms with E-state index in [1.54, 1.807) is 16.9 Å². The molecule has 4 rings (SSSR count). The molecule has 2 aromatic heterocycles. The first-order chi connectivity index (χ1) is 15.1. The number of amides is 1. The molecule has 0 aliphatic rings. The van der Waals surface area contributed by atoms with E-state index >= 15 is 0 Å². The van der Waals surface area contributed by atoms with Crippen molar-refractivity contribution >= 4 is 34.7 Å². The van der Waals surface area contributed by atoms with Crippen LogP contribution in [-0.2, 0) is 17.8 Å². The van der Waals surface area contributed by atoms with Gasteiger partial charge in [-0.3, -0.25) is 4.79 Å². The number of nitrogens with zero attached hydrogens (tertiary/aromatic N) is 3. The molecule has 0 unspecified atom stereocenters. The summed E-state index contributed by atoms with van der Waals surface area (Å²) in [6.45, 7) is 3.00. The molecule has 0 saturated carbocycles. The Morgan fingerprint density at radius 3 is 2.81 bits per heavy atom. The van der Waals surface area contributed by atoms with Crippen molar-refractivity contribution in [1.82, 2.24) is 14.8 Å². The molecule has 0 saturated heterocycles. The van der Waals surface area contributed by atoms with Crippen LogP contribution >= 0.6 is 22.9 Å². The lowest BCUT2D eigenvalue weighted by atomic mass is 10.2. The third-order valence-corrected chi connectivity index (χ3v) is 5.87. The summed E-state index contributed by atoms with van der Waals surface area (Å²) in [6, 6.07) is 17.1. The minimum atomic E-state index is -0.157. The Kier molecular flexibility index (Phi) is 6.64. The van der Waals surface area contributed by atoms with Crippen molar-refractivity contribution in [3.05, 3.63) is 82.5 Å². The van der Waals surface area contributed by atoms with Crippen LogP contribution in [0.3, 0.4) is 0 Å². The molecule has 2 aromatic carbocycles. The number of anilines is 1. The molecule has 8 heteroatoms. The molecule has 6 nitrogen and oxygen atoms in total. The van der Waals surface area contributed by atoms with Crippen LogP contribution in [0.4, 0.5) is 5.82 Å². The minimum absolute atomic E-state index is 0.157. The second-order valence-electron chi connectivity index (χ2n) is 6.76. The van der Waals surface area contributed by atoms with E-state index in [9.17, 15) is 4.79 Å². The Morgan fingerprint density at radius 1 is 1.16 bits per heavy atom. The number of rotatable bonds is 8. The van der Waals surface area contributed by atoms with E-state index in [0.717, 1.165) is 21.9 Å². The lowest BCUT2D eigenvalue weighted by molar-refractivity contribution is -0.115. The van der Waals surface area contributed by atoms with E-state index < -0.39 is 0 Å². The summed E-state index contributed by atoms with van der Waals surface area (Å²) in [7, 11) is 0. The van der Waals surface area contributed by atoms with Crippen LogP contribution < -0.4 is 10.1 Å².